The zero-order chi connectivity index (χ0) is 8.93. The highest BCUT2D eigenvalue weighted by Gasteiger charge is 1.94. The Labute approximate surface area is 80.0 Å². The Balaban J connectivity index is 1.94. The van der Waals surface area contributed by atoms with E-state index in [0.29, 0.717) is 5.19 Å². The summed E-state index contributed by atoms with van der Waals surface area (Å²) >= 11 is 1.45. The Kier molecular flexibility index (Phi) is 2.43. The van der Waals surface area contributed by atoms with Gasteiger partial charge >= 0.3 is 5.19 Å². The van der Waals surface area contributed by atoms with E-state index in [9.17, 15) is 0 Å². The van der Waals surface area contributed by atoms with E-state index in [1.54, 1.807) is 6.20 Å². The first-order chi connectivity index (χ1) is 6.45. The van der Waals surface area contributed by atoms with E-state index in [1.165, 1.54) is 11.3 Å². The number of rotatable bonds is 3. The Morgan fingerprint density at radius 1 is 1.23 bits per heavy atom. The lowest BCUT2D eigenvalue weighted by molar-refractivity contribution is 0.402. The summed E-state index contributed by atoms with van der Waals surface area (Å²) in [4.78, 5) is 9.15. The lowest BCUT2D eigenvalue weighted by Crippen LogP contribution is -2.03. The number of thiazole rings is 1. The van der Waals surface area contributed by atoms with Crippen LogP contribution in [0.15, 0.2) is 41.9 Å². The van der Waals surface area contributed by atoms with Gasteiger partial charge in [0.15, 0.2) is 0 Å². The Morgan fingerprint density at radius 2 is 2.08 bits per heavy atom. The van der Waals surface area contributed by atoms with Crippen molar-refractivity contribution in [2.75, 3.05) is 5.48 Å². The van der Waals surface area contributed by atoms with Gasteiger partial charge in [-0.2, -0.15) is 0 Å². The van der Waals surface area contributed by atoms with Crippen molar-refractivity contribution < 1.29 is 4.84 Å². The number of para-hydroxylation sites is 1. The molecule has 0 unspecified atom stereocenters. The SMILES string of the molecule is c1ccc(NOc2nccs2)cc1. The predicted molar refractivity (Wildman–Crippen MR) is 52.8 cm³/mol. The summed E-state index contributed by atoms with van der Waals surface area (Å²) in [5, 5.41) is 2.48. The van der Waals surface area contributed by atoms with Crippen LogP contribution < -0.4 is 10.3 Å². The van der Waals surface area contributed by atoms with Gasteiger partial charge in [-0.15, -0.1) is 0 Å². The molecule has 0 amide bonds. The number of hydrogen-bond acceptors (Lipinski definition) is 4. The van der Waals surface area contributed by atoms with Crippen LogP contribution in [0.2, 0.25) is 0 Å². The van der Waals surface area contributed by atoms with E-state index in [2.05, 4.69) is 10.5 Å². The van der Waals surface area contributed by atoms with E-state index in [1.807, 2.05) is 35.7 Å². The Bertz CT molecular complexity index is 347. The van der Waals surface area contributed by atoms with Gasteiger partial charge in [0, 0.05) is 11.6 Å². The average molecular weight is 192 g/mol. The number of nitrogens with zero attached hydrogens (tertiary/aromatic N) is 1. The summed E-state index contributed by atoms with van der Waals surface area (Å²) in [5.41, 5.74) is 3.71. The maximum Gasteiger partial charge on any atom is 0.302 e. The maximum absolute atomic E-state index is 5.19. The van der Waals surface area contributed by atoms with Gasteiger partial charge in [0.05, 0.1) is 5.69 Å². The van der Waals surface area contributed by atoms with Crippen LogP contribution in [0.1, 0.15) is 0 Å². The van der Waals surface area contributed by atoms with Crippen LogP contribution in [0.25, 0.3) is 0 Å². The highest BCUT2D eigenvalue weighted by Crippen LogP contribution is 2.14. The third-order valence-corrected chi connectivity index (χ3v) is 2.09. The van der Waals surface area contributed by atoms with Gasteiger partial charge in [-0.3, -0.25) is 0 Å². The molecule has 0 saturated heterocycles. The van der Waals surface area contributed by atoms with Gasteiger partial charge in [-0.25, -0.2) is 10.5 Å². The number of hydrogen-bond donors (Lipinski definition) is 1. The molecular weight excluding hydrogens is 184 g/mol. The molecule has 1 heterocycles. The Hall–Kier alpha value is -1.55. The fourth-order valence-electron chi connectivity index (χ4n) is 0.870. The molecule has 66 valence electrons. The molecule has 0 aliphatic heterocycles. The predicted octanol–water partition coefficient (Wildman–Crippen LogP) is 2.55. The minimum Gasteiger partial charge on any atom is -0.350 e. The molecule has 0 spiro atoms. The molecule has 2 rings (SSSR count). The third kappa shape index (κ3) is 2.19. The molecule has 1 aromatic heterocycles. The van der Waals surface area contributed by atoms with E-state index >= 15 is 0 Å². The van der Waals surface area contributed by atoms with E-state index in [-0.39, 0.29) is 0 Å². The standard InChI is InChI=1S/C9H8N2OS/c1-2-4-8(5-3-1)11-12-9-10-6-7-13-9/h1-7,11H. The molecule has 2 aromatic rings. The minimum absolute atomic E-state index is 0.615. The first-order valence-corrected chi connectivity index (χ1v) is 4.70. The summed E-state index contributed by atoms with van der Waals surface area (Å²) < 4.78 is 0. The second-order valence-corrected chi connectivity index (χ2v) is 3.23. The van der Waals surface area contributed by atoms with Crippen LogP contribution in [0, 0.1) is 0 Å². The largest absolute Gasteiger partial charge is 0.350 e. The molecule has 4 heteroatoms. The molecule has 1 aromatic carbocycles. The highest BCUT2D eigenvalue weighted by atomic mass is 32.1. The summed E-state index contributed by atoms with van der Waals surface area (Å²) in [5.74, 6) is 0. The van der Waals surface area contributed by atoms with Crippen LogP contribution in [-0.2, 0) is 0 Å². The molecule has 0 atom stereocenters. The van der Waals surface area contributed by atoms with E-state index in [0.717, 1.165) is 5.69 Å². The highest BCUT2D eigenvalue weighted by molar-refractivity contribution is 7.11. The number of anilines is 1. The maximum atomic E-state index is 5.19. The summed E-state index contributed by atoms with van der Waals surface area (Å²) in [6, 6.07) is 9.68. The molecule has 0 saturated carbocycles. The summed E-state index contributed by atoms with van der Waals surface area (Å²) in [7, 11) is 0. The van der Waals surface area contributed by atoms with E-state index < -0.39 is 0 Å². The molecular formula is C9H8N2OS. The fourth-order valence-corrected chi connectivity index (χ4v) is 1.32. The van der Waals surface area contributed by atoms with Crippen LogP contribution in [0.4, 0.5) is 5.69 Å². The lowest BCUT2D eigenvalue weighted by atomic mass is 10.3. The van der Waals surface area contributed by atoms with Gasteiger partial charge in [0.25, 0.3) is 0 Å². The van der Waals surface area contributed by atoms with Crippen molar-refractivity contribution in [2.45, 2.75) is 0 Å². The van der Waals surface area contributed by atoms with Gasteiger partial charge in [-0.1, -0.05) is 29.5 Å². The van der Waals surface area contributed by atoms with Crippen molar-refractivity contribution in [3.63, 3.8) is 0 Å². The fraction of sp³-hybridized carbons (Fsp3) is 0. The Morgan fingerprint density at radius 3 is 2.77 bits per heavy atom. The van der Waals surface area contributed by atoms with Crippen LogP contribution >= 0.6 is 11.3 Å². The quantitative estimate of drug-likeness (QED) is 0.759. The summed E-state index contributed by atoms with van der Waals surface area (Å²) in [6.07, 6.45) is 1.70. The van der Waals surface area contributed by atoms with Gasteiger partial charge in [0.2, 0.25) is 0 Å². The van der Waals surface area contributed by atoms with Crippen molar-refractivity contribution in [1.29, 1.82) is 0 Å². The first-order valence-electron chi connectivity index (χ1n) is 3.82. The van der Waals surface area contributed by atoms with Gasteiger partial charge < -0.3 is 4.84 Å². The van der Waals surface area contributed by atoms with Gasteiger partial charge in [-0.05, 0) is 12.1 Å². The zero-order valence-electron chi connectivity index (χ0n) is 6.81. The topological polar surface area (TPSA) is 34.1 Å². The normalized spacial score (nSPS) is 9.54. The monoisotopic (exact) mass is 192 g/mol. The van der Waals surface area contributed by atoms with E-state index in [4.69, 9.17) is 4.84 Å². The van der Waals surface area contributed by atoms with Crippen LogP contribution in [0.3, 0.4) is 0 Å². The molecule has 1 N–H and O–H groups in total. The van der Waals surface area contributed by atoms with Gasteiger partial charge in [0.1, 0.15) is 0 Å². The molecule has 0 aliphatic rings. The second-order valence-electron chi connectivity index (χ2n) is 2.37. The van der Waals surface area contributed by atoms with Crippen LogP contribution in [-0.4, -0.2) is 4.98 Å². The first kappa shape index (κ1) is 8.07. The molecule has 0 bridgehead atoms. The van der Waals surface area contributed by atoms with Crippen molar-refractivity contribution in [1.82, 2.24) is 4.98 Å². The lowest BCUT2D eigenvalue weighted by Gasteiger charge is -2.03. The van der Waals surface area contributed by atoms with Crippen molar-refractivity contribution >= 4 is 17.0 Å². The van der Waals surface area contributed by atoms with Crippen molar-refractivity contribution in [2.24, 2.45) is 0 Å². The molecule has 0 fully saturated rings. The smallest absolute Gasteiger partial charge is 0.302 e. The minimum atomic E-state index is 0.615. The number of aromatic nitrogens is 1. The van der Waals surface area contributed by atoms with Crippen molar-refractivity contribution in [3.8, 4) is 5.19 Å². The molecule has 3 nitrogen and oxygen atoms in total. The molecule has 0 radical (unpaired) electrons. The van der Waals surface area contributed by atoms with Crippen LogP contribution in [0.5, 0.6) is 5.19 Å². The number of benzene rings is 1. The number of nitrogens with one attached hydrogen (secondary N) is 1. The summed E-state index contributed by atoms with van der Waals surface area (Å²) in [6.45, 7) is 0. The van der Waals surface area contributed by atoms with Crippen molar-refractivity contribution in [3.05, 3.63) is 41.9 Å². The molecule has 13 heavy (non-hydrogen) atoms. The third-order valence-electron chi connectivity index (χ3n) is 1.44. The zero-order valence-corrected chi connectivity index (χ0v) is 7.62. The molecule has 0 aliphatic carbocycles. The second kappa shape index (κ2) is 3.91. The average Bonchev–Trinajstić information content (AvgIpc) is 2.69.